The van der Waals surface area contributed by atoms with E-state index in [4.69, 9.17) is 5.11 Å². The van der Waals surface area contributed by atoms with Crippen molar-refractivity contribution >= 4 is 28.6 Å². The van der Waals surface area contributed by atoms with Gasteiger partial charge in [-0.2, -0.15) is 0 Å². The number of benzene rings is 1. The molecule has 0 atom stereocenters. The molecule has 2 aromatic rings. The molecule has 20 heavy (non-hydrogen) atoms. The quantitative estimate of drug-likeness (QED) is 0.631. The van der Waals surface area contributed by atoms with E-state index in [9.17, 15) is 9.59 Å². The summed E-state index contributed by atoms with van der Waals surface area (Å²) < 4.78 is 0. The molecule has 0 spiro atoms. The topological polar surface area (TPSA) is 94.2 Å². The van der Waals surface area contributed by atoms with Crippen molar-refractivity contribution in [3.63, 3.8) is 0 Å². The largest absolute Gasteiger partial charge is 0.481 e. The molecule has 2 amide bonds. The Morgan fingerprint density at radius 1 is 1.30 bits per heavy atom. The Morgan fingerprint density at radius 3 is 2.85 bits per heavy atom. The van der Waals surface area contributed by atoms with Crippen molar-refractivity contribution in [2.75, 3.05) is 11.9 Å². The second kappa shape index (κ2) is 6.10. The molecular formula is C14H17N3O3. The third-order valence-corrected chi connectivity index (χ3v) is 2.87. The lowest BCUT2D eigenvalue weighted by atomic mass is 10.2. The second-order valence-corrected chi connectivity index (χ2v) is 4.63. The lowest BCUT2D eigenvalue weighted by Gasteiger charge is -2.07. The van der Waals surface area contributed by atoms with Crippen LogP contribution in [0.1, 0.15) is 18.5 Å². The summed E-state index contributed by atoms with van der Waals surface area (Å²) in [6, 6.07) is 7.28. The summed E-state index contributed by atoms with van der Waals surface area (Å²) in [5.41, 5.74) is 2.79. The zero-order chi connectivity index (χ0) is 14.5. The highest BCUT2D eigenvalue weighted by atomic mass is 16.4. The van der Waals surface area contributed by atoms with E-state index in [1.54, 1.807) is 0 Å². The highest BCUT2D eigenvalue weighted by Crippen LogP contribution is 2.19. The minimum atomic E-state index is -0.861. The lowest BCUT2D eigenvalue weighted by molar-refractivity contribution is -0.137. The van der Waals surface area contributed by atoms with E-state index in [1.165, 1.54) is 0 Å². The highest BCUT2D eigenvalue weighted by Gasteiger charge is 2.04. The summed E-state index contributed by atoms with van der Waals surface area (Å²) >= 11 is 0. The summed E-state index contributed by atoms with van der Waals surface area (Å²) in [5, 5.41) is 14.9. The third kappa shape index (κ3) is 3.74. The number of anilines is 1. The Morgan fingerprint density at radius 2 is 2.10 bits per heavy atom. The molecule has 6 heteroatoms. The van der Waals surface area contributed by atoms with E-state index >= 15 is 0 Å². The van der Waals surface area contributed by atoms with E-state index in [0.29, 0.717) is 18.7 Å². The van der Waals surface area contributed by atoms with Crippen molar-refractivity contribution in [3.8, 4) is 0 Å². The van der Waals surface area contributed by atoms with Gasteiger partial charge in [0.1, 0.15) is 0 Å². The van der Waals surface area contributed by atoms with Crippen LogP contribution >= 0.6 is 0 Å². The molecule has 0 aliphatic rings. The van der Waals surface area contributed by atoms with Crippen LogP contribution in [0, 0.1) is 6.92 Å². The number of carboxylic acid groups (broad SMARTS) is 1. The number of urea groups is 1. The maximum atomic E-state index is 11.6. The van der Waals surface area contributed by atoms with Crippen molar-refractivity contribution in [1.29, 1.82) is 0 Å². The average Bonchev–Trinajstić information content (AvgIpc) is 2.74. The number of aliphatic carboxylic acids is 1. The van der Waals surface area contributed by atoms with E-state index in [0.717, 1.165) is 16.6 Å². The SMILES string of the molecule is Cc1cc2cc(NC(=O)NCCCC(=O)O)ccc2[nH]1. The predicted molar refractivity (Wildman–Crippen MR) is 76.9 cm³/mol. The van der Waals surface area contributed by atoms with Gasteiger partial charge in [0.25, 0.3) is 0 Å². The molecule has 0 saturated carbocycles. The molecule has 0 bridgehead atoms. The fourth-order valence-corrected chi connectivity index (χ4v) is 1.97. The number of aryl methyl sites for hydroxylation is 1. The van der Waals surface area contributed by atoms with E-state index < -0.39 is 5.97 Å². The van der Waals surface area contributed by atoms with Gasteiger partial charge in [0.2, 0.25) is 0 Å². The first kappa shape index (κ1) is 13.9. The Balaban J connectivity index is 1.87. The summed E-state index contributed by atoms with van der Waals surface area (Å²) in [6.45, 7) is 2.31. The first-order valence-corrected chi connectivity index (χ1v) is 6.40. The van der Waals surface area contributed by atoms with Crippen LogP contribution in [0.2, 0.25) is 0 Å². The van der Waals surface area contributed by atoms with E-state index in [-0.39, 0.29) is 12.5 Å². The molecule has 0 saturated heterocycles. The zero-order valence-corrected chi connectivity index (χ0v) is 11.2. The van der Waals surface area contributed by atoms with E-state index in [2.05, 4.69) is 15.6 Å². The van der Waals surface area contributed by atoms with Crippen LogP contribution in [0.4, 0.5) is 10.5 Å². The highest BCUT2D eigenvalue weighted by molar-refractivity contribution is 5.92. The minimum absolute atomic E-state index is 0.0505. The molecule has 106 valence electrons. The van der Waals surface area contributed by atoms with Gasteiger partial charge in [0.05, 0.1) is 0 Å². The molecular weight excluding hydrogens is 258 g/mol. The van der Waals surface area contributed by atoms with Crippen LogP contribution in [0.25, 0.3) is 10.9 Å². The Hall–Kier alpha value is -2.50. The normalized spacial score (nSPS) is 10.4. The molecule has 0 unspecified atom stereocenters. The number of carbonyl (C=O) groups excluding carboxylic acids is 1. The number of hydrogen-bond acceptors (Lipinski definition) is 2. The standard InChI is InChI=1S/C14H17N3O3/c1-9-7-10-8-11(4-5-12(10)16-9)17-14(20)15-6-2-3-13(18)19/h4-5,7-8,16H,2-3,6H2,1H3,(H,18,19)(H2,15,17,20). The van der Waals surface area contributed by atoms with Crippen LogP contribution in [0.5, 0.6) is 0 Å². The Bertz CT molecular complexity index is 634. The number of fused-ring (bicyclic) bond motifs is 1. The molecule has 6 nitrogen and oxygen atoms in total. The van der Waals surface area contributed by atoms with Gasteiger partial charge in [0, 0.05) is 35.2 Å². The number of H-pyrrole nitrogens is 1. The minimum Gasteiger partial charge on any atom is -0.481 e. The van der Waals surface area contributed by atoms with Gasteiger partial charge in [0.15, 0.2) is 0 Å². The summed E-state index contributed by atoms with van der Waals surface area (Å²) in [7, 11) is 0. The molecule has 1 aromatic carbocycles. The Labute approximate surface area is 116 Å². The maximum absolute atomic E-state index is 11.6. The fraction of sp³-hybridized carbons (Fsp3) is 0.286. The lowest BCUT2D eigenvalue weighted by Crippen LogP contribution is -2.29. The summed E-state index contributed by atoms with van der Waals surface area (Å²) in [5.74, 6) is -0.861. The molecule has 0 fully saturated rings. The average molecular weight is 275 g/mol. The van der Waals surface area contributed by atoms with Gasteiger partial charge in [-0.25, -0.2) is 4.79 Å². The number of carbonyl (C=O) groups is 2. The number of nitrogens with one attached hydrogen (secondary N) is 3. The number of rotatable bonds is 5. The molecule has 0 aliphatic carbocycles. The molecule has 1 heterocycles. The molecule has 1 aromatic heterocycles. The van der Waals surface area contributed by atoms with Gasteiger partial charge < -0.3 is 20.7 Å². The van der Waals surface area contributed by atoms with Crippen LogP contribution in [0.15, 0.2) is 24.3 Å². The van der Waals surface area contributed by atoms with Crippen LogP contribution in [0.3, 0.4) is 0 Å². The summed E-state index contributed by atoms with van der Waals surface area (Å²) in [6.07, 6.45) is 0.466. The first-order chi connectivity index (χ1) is 9.54. The molecule has 4 N–H and O–H groups in total. The fourth-order valence-electron chi connectivity index (χ4n) is 1.97. The maximum Gasteiger partial charge on any atom is 0.319 e. The molecule has 0 radical (unpaired) electrons. The molecule has 0 aliphatic heterocycles. The van der Waals surface area contributed by atoms with Crippen LogP contribution < -0.4 is 10.6 Å². The summed E-state index contributed by atoms with van der Waals surface area (Å²) in [4.78, 5) is 25.2. The smallest absolute Gasteiger partial charge is 0.319 e. The van der Waals surface area contributed by atoms with Gasteiger partial charge >= 0.3 is 12.0 Å². The van der Waals surface area contributed by atoms with Crippen molar-refractivity contribution in [2.24, 2.45) is 0 Å². The number of carboxylic acids is 1. The molecule has 2 rings (SSSR count). The van der Waals surface area contributed by atoms with Gasteiger partial charge in [-0.1, -0.05) is 0 Å². The first-order valence-electron chi connectivity index (χ1n) is 6.40. The number of amides is 2. The number of aromatic nitrogens is 1. The predicted octanol–water partition coefficient (Wildman–Crippen LogP) is 2.46. The Kier molecular flexibility index (Phi) is 4.24. The van der Waals surface area contributed by atoms with E-state index in [1.807, 2.05) is 31.2 Å². The third-order valence-electron chi connectivity index (χ3n) is 2.87. The van der Waals surface area contributed by atoms with Gasteiger partial charge in [-0.15, -0.1) is 0 Å². The van der Waals surface area contributed by atoms with Crippen molar-refractivity contribution in [1.82, 2.24) is 10.3 Å². The van der Waals surface area contributed by atoms with Gasteiger partial charge in [-0.05, 0) is 37.6 Å². The van der Waals surface area contributed by atoms with Gasteiger partial charge in [-0.3, -0.25) is 4.79 Å². The van der Waals surface area contributed by atoms with Crippen molar-refractivity contribution < 1.29 is 14.7 Å². The monoisotopic (exact) mass is 275 g/mol. The van der Waals surface area contributed by atoms with Crippen molar-refractivity contribution in [2.45, 2.75) is 19.8 Å². The van der Waals surface area contributed by atoms with Crippen molar-refractivity contribution in [3.05, 3.63) is 30.0 Å². The van der Waals surface area contributed by atoms with Crippen LogP contribution in [-0.2, 0) is 4.79 Å². The number of aromatic amines is 1. The zero-order valence-electron chi connectivity index (χ0n) is 11.2. The number of hydrogen-bond donors (Lipinski definition) is 4. The van der Waals surface area contributed by atoms with Crippen LogP contribution in [-0.4, -0.2) is 28.6 Å². The second-order valence-electron chi connectivity index (χ2n) is 4.63.